The average molecular weight is 406 g/mol. The molecule has 2 fully saturated rings. The number of anilines is 1. The summed E-state index contributed by atoms with van der Waals surface area (Å²) in [6.45, 7) is 6.04. The van der Waals surface area contributed by atoms with Gasteiger partial charge >= 0.3 is 6.09 Å². The Bertz CT molecular complexity index is 975. The lowest BCUT2D eigenvalue weighted by Crippen LogP contribution is -2.40. The van der Waals surface area contributed by atoms with Crippen LogP contribution in [0.25, 0.3) is 0 Å². The Morgan fingerprint density at radius 2 is 1.67 bits per heavy atom. The van der Waals surface area contributed by atoms with Crippen LogP contribution in [0.4, 0.5) is 10.5 Å². The highest BCUT2D eigenvalue weighted by atomic mass is 16.6. The Kier molecular flexibility index (Phi) is 5.57. The van der Waals surface area contributed by atoms with Crippen molar-refractivity contribution in [3.8, 4) is 0 Å². The Balaban J connectivity index is 1.37. The fraction of sp³-hybridized carbons (Fsp3) is 0.375. The maximum atomic E-state index is 12.9. The van der Waals surface area contributed by atoms with Gasteiger partial charge in [-0.15, -0.1) is 0 Å². The first-order chi connectivity index (χ1) is 14.4. The topological polar surface area (TPSA) is 66.9 Å². The Hall–Kier alpha value is -3.15. The van der Waals surface area contributed by atoms with Gasteiger partial charge in [-0.3, -0.25) is 14.5 Å². The highest BCUT2D eigenvalue weighted by molar-refractivity contribution is 6.00. The molecule has 30 heavy (non-hydrogen) atoms. The summed E-state index contributed by atoms with van der Waals surface area (Å²) >= 11 is 0. The molecule has 0 aliphatic carbocycles. The normalized spacial score (nSPS) is 17.2. The summed E-state index contributed by atoms with van der Waals surface area (Å²) < 4.78 is 4.95. The molecule has 0 aromatic heterocycles. The van der Waals surface area contributed by atoms with Gasteiger partial charge in [0.05, 0.1) is 6.54 Å². The zero-order valence-electron chi connectivity index (χ0n) is 17.4. The second-order valence-corrected chi connectivity index (χ2v) is 8.06. The number of cyclic esters (lactones) is 1. The molecule has 2 aliphatic heterocycles. The number of hydrogen-bond acceptors (Lipinski definition) is 4. The highest BCUT2D eigenvalue weighted by Gasteiger charge is 2.29. The number of amides is 2. The van der Waals surface area contributed by atoms with E-state index in [-0.39, 0.29) is 23.7 Å². The van der Waals surface area contributed by atoms with Crippen molar-refractivity contribution in [1.82, 2.24) is 4.90 Å². The van der Waals surface area contributed by atoms with E-state index in [2.05, 4.69) is 0 Å². The summed E-state index contributed by atoms with van der Waals surface area (Å²) in [7, 11) is 0. The monoisotopic (exact) mass is 406 g/mol. The zero-order chi connectivity index (χ0) is 21.3. The zero-order valence-corrected chi connectivity index (χ0v) is 17.4. The van der Waals surface area contributed by atoms with Crippen molar-refractivity contribution in [2.45, 2.75) is 26.7 Å². The predicted octanol–water partition coefficient (Wildman–Crippen LogP) is 4.00. The SMILES string of the molecule is Cc1ccc(C(=O)C2CCN(C(=O)c3ccc(N4CCOC4=O)cc3)CC2)c(C)c1. The summed E-state index contributed by atoms with van der Waals surface area (Å²) in [5, 5.41) is 0. The van der Waals surface area contributed by atoms with Gasteiger partial charge in [-0.1, -0.05) is 23.8 Å². The van der Waals surface area contributed by atoms with Crippen LogP contribution in [-0.2, 0) is 4.74 Å². The summed E-state index contributed by atoms with van der Waals surface area (Å²) in [6.07, 6.45) is 0.996. The fourth-order valence-corrected chi connectivity index (χ4v) is 4.25. The summed E-state index contributed by atoms with van der Waals surface area (Å²) in [6, 6.07) is 13.0. The molecular formula is C24H26N2O4. The molecule has 2 aliphatic rings. The number of Topliss-reactive ketones (excluding diaryl/α,β-unsaturated/α-hetero) is 1. The van der Waals surface area contributed by atoms with Gasteiger partial charge in [-0.2, -0.15) is 0 Å². The number of carbonyl (C=O) groups excluding carboxylic acids is 3. The van der Waals surface area contributed by atoms with Crippen LogP contribution in [0.2, 0.25) is 0 Å². The number of hydrogen-bond donors (Lipinski definition) is 0. The minimum Gasteiger partial charge on any atom is -0.447 e. The van der Waals surface area contributed by atoms with E-state index in [1.807, 2.05) is 36.9 Å². The van der Waals surface area contributed by atoms with Gasteiger partial charge in [-0.25, -0.2) is 4.79 Å². The van der Waals surface area contributed by atoms with Crippen LogP contribution in [0.3, 0.4) is 0 Å². The number of ether oxygens (including phenoxy) is 1. The molecule has 0 bridgehead atoms. The average Bonchev–Trinajstić information content (AvgIpc) is 3.19. The van der Waals surface area contributed by atoms with Crippen molar-refractivity contribution >= 4 is 23.5 Å². The number of ketones is 1. The van der Waals surface area contributed by atoms with Crippen molar-refractivity contribution in [1.29, 1.82) is 0 Å². The molecular weight excluding hydrogens is 380 g/mol. The first kappa shape index (κ1) is 20.1. The van der Waals surface area contributed by atoms with E-state index in [1.165, 1.54) is 0 Å². The lowest BCUT2D eigenvalue weighted by atomic mass is 9.87. The van der Waals surface area contributed by atoms with E-state index in [1.54, 1.807) is 29.2 Å². The molecule has 2 heterocycles. The number of carbonyl (C=O) groups is 3. The Labute approximate surface area is 176 Å². The second-order valence-electron chi connectivity index (χ2n) is 8.06. The summed E-state index contributed by atoms with van der Waals surface area (Å²) in [4.78, 5) is 40.8. The van der Waals surface area contributed by atoms with E-state index in [9.17, 15) is 14.4 Å². The quantitative estimate of drug-likeness (QED) is 0.720. The Morgan fingerprint density at radius 1 is 0.967 bits per heavy atom. The summed E-state index contributed by atoms with van der Waals surface area (Å²) in [5.41, 5.74) is 4.27. The Morgan fingerprint density at radius 3 is 2.27 bits per heavy atom. The molecule has 4 rings (SSSR count). The van der Waals surface area contributed by atoms with Gasteiger partial charge in [0, 0.05) is 35.8 Å². The van der Waals surface area contributed by atoms with Crippen molar-refractivity contribution in [3.63, 3.8) is 0 Å². The van der Waals surface area contributed by atoms with E-state index < -0.39 is 0 Å². The van der Waals surface area contributed by atoms with E-state index in [4.69, 9.17) is 4.74 Å². The number of nitrogens with zero attached hydrogens (tertiary/aromatic N) is 2. The number of piperidine rings is 1. The number of likely N-dealkylation sites (tertiary alicyclic amines) is 1. The fourth-order valence-electron chi connectivity index (χ4n) is 4.25. The van der Waals surface area contributed by atoms with Crippen molar-refractivity contribution in [2.24, 2.45) is 5.92 Å². The van der Waals surface area contributed by atoms with Crippen LogP contribution in [0.1, 0.15) is 44.7 Å². The number of rotatable bonds is 4. The minimum absolute atomic E-state index is 0.0389. The lowest BCUT2D eigenvalue weighted by molar-refractivity contribution is 0.0650. The van der Waals surface area contributed by atoms with Gasteiger partial charge in [0.1, 0.15) is 6.61 Å². The predicted molar refractivity (Wildman–Crippen MR) is 114 cm³/mol. The van der Waals surface area contributed by atoms with Crippen molar-refractivity contribution < 1.29 is 19.1 Å². The van der Waals surface area contributed by atoms with Gasteiger partial charge in [0.15, 0.2) is 5.78 Å². The highest BCUT2D eigenvalue weighted by Crippen LogP contribution is 2.26. The molecule has 2 saturated heterocycles. The molecule has 0 saturated carbocycles. The smallest absolute Gasteiger partial charge is 0.414 e. The molecule has 2 amide bonds. The van der Waals surface area contributed by atoms with Crippen molar-refractivity contribution in [3.05, 3.63) is 64.7 Å². The molecule has 2 aromatic rings. The number of benzene rings is 2. The molecule has 156 valence electrons. The maximum Gasteiger partial charge on any atom is 0.414 e. The van der Waals surface area contributed by atoms with Gasteiger partial charge in [0.25, 0.3) is 5.91 Å². The van der Waals surface area contributed by atoms with Gasteiger partial charge in [0.2, 0.25) is 0 Å². The third kappa shape index (κ3) is 3.95. The first-order valence-electron chi connectivity index (χ1n) is 10.4. The van der Waals surface area contributed by atoms with Crippen LogP contribution < -0.4 is 4.90 Å². The largest absolute Gasteiger partial charge is 0.447 e. The molecule has 0 N–H and O–H groups in total. The molecule has 2 aromatic carbocycles. The third-order valence-electron chi connectivity index (χ3n) is 5.99. The first-order valence-corrected chi connectivity index (χ1v) is 10.4. The maximum absolute atomic E-state index is 12.9. The molecule has 0 radical (unpaired) electrons. The van der Waals surface area contributed by atoms with E-state index in [0.29, 0.717) is 44.6 Å². The van der Waals surface area contributed by atoms with E-state index >= 15 is 0 Å². The molecule has 0 atom stereocenters. The molecule has 6 nitrogen and oxygen atoms in total. The second kappa shape index (κ2) is 8.30. The number of aryl methyl sites for hydroxylation is 2. The van der Waals surface area contributed by atoms with E-state index in [0.717, 1.165) is 22.4 Å². The van der Waals surface area contributed by atoms with Gasteiger partial charge < -0.3 is 9.64 Å². The molecule has 0 spiro atoms. The standard InChI is InChI=1S/C24H26N2O4/c1-16-3-8-21(17(2)15-16)22(27)18-9-11-25(12-10-18)23(28)19-4-6-20(7-5-19)26-13-14-30-24(26)29/h3-8,15,18H,9-14H2,1-2H3. The summed E-state index contributed by atoms with van der Waals surface area (Å²) in [5.74, 6) is 0.100. The van der Waals surface area contributed by atoms with Crippen LogP contribution >= 0.6 is 0 Å². The van der Waals surface area contributed by atoms with Crippen LogP contribution in [0.5, 0.6) is 0 Å². The molecule has 0 unspecified atom stereocenters. The minimum atomic E-state index is -0.357. The van der Waals surface area contributed by atoms with Crippen LogP contribution in [0, 0.1) is 19.8 Å². The molecule has 6 heteroatoms. The van der Waals surface area contributed by atoms with Gasteiger partial charge in [-0.05, 0) is 56.5 Å². The van der Waals surface area contributed by atoms with Crippen LogP contribution in [0.15, 0.2) is 42.5 Å². The van der Waals surface area contributed by atoms with Crippen LogP contribution in [-0.4, -0.2) is 48.9 Å². The lowest BCUT2D eigenvalue weighted by Gasteiger charge is -2.31. The third-order valence-corrected chi connectivity index (χ3v) is 5.99. The van der Waals surface area contributed by atoms with Crippen molar-refractivity contribution in [2.75, 3.05) is 31.1 Å².